The summed E-state index contributed by atoms with van der Waals surface area (Å²) in [4.78, 5) is 14.3. The molecule has 1 fully saturated rings. The molecule has 1 aromatic carbocycles. The van der Waals surface area contributed by atoms with Gasteiger partial charge in [0.15, 0.2) is 0 Å². The highest BCUT2D eigenvalue weighted by Crippen LogP contribution is 2.38. The van der Waals surface area contributed by atoms with Crippen molar-refractivity contribution in [3.05, 3.63) is 34.2 Å². The molecular formula is C12H11F3N2O. The van der Waals surface area contributed by atoms with Gasteiger partial charge in [-0.25, -0.2) is 4.79 Å². The number of nitrogens with zero attached hydrogens (tertiary/aromatic N) is 1. The van der Waals surface area contributed by atoms with Crippen molar-refractivity contribution in [3.63, 3.8) is 0 Å². The number of hydrogen-bond acceptors (Lipinski definition) is 1. The molecule has 0 unspecified atom stereocenters. The summed E-state index contributed by atoms with van der Waals surface area (Å²) in [7, 11) is 0. The fraction of sp³-hybridized carbons (Fsp3) is 0.417. The molecule has 0 aliphatic heterocycles. The Kier molecular flexibility index (Phi) is 2.30. The highest BCUT2D eigenvalue weighted by Gasteiger charge is 2.35. The van der Waals surface area contributed by atoms with Crippen LogP contribution in [-0.2, 0) is 6.18 Å². The first kappa shape index (κ1) is 11.4. The minimum Gasteiger partial charge on any atom is -0.306 e. The monoisotopic (exact) mass is 256 g/mol. The zero-order valence-electron chi connectivity index (χ0n) is 9.42. The predicted molar refractivity (Wildman–Crippen MR) is 60.4 cm³/mol. The van der Waals surface area contributed by atoms with Crippen LogP contribution in [0.3, 0.4) is 0 Å². The molecule has 1 aromatic heterocycles. The van der Waals surface area contributed by atoms with Gasteiger partial charge >= 0.3 is 11.9 Å². The number of nitrogens with one attached hydrogen (secondary N) is 1. The summed E-state index contributed by atoms with van der Waals surface area (Å²) in [6.07, 6.45) is -1.96. The summed E-state index contributed by atoms with van der Waals surface area (Å²) in [5, 5.41) is 0. The van der Waals surface area contributed by atoms with Crippen LogP contribution < -0.4 is 5.69 Å². The molecule has 6 heteroatoms. The van der Waals surface area contributed by atoms with E-state index in [4.69, 9.17) is 0 Å². The molecule has 0 amide bonds. The zero-order valence-corrected chi connectivity index (χ0v) is 9.42. The van der Waals surface area contributed by atoms with E-state index in [1.165, 1.54) is 16.7 Å². The molecule has 18 heavy (non-hydrogen) atoms. The van der Waals surface area contributed by atoms with Gasteiger partial charge in [-0.1, -0.05) is 6.07 Å². The van der Waals surface area contributed by atoms with Crippen molar-refractivity contribution in [2.24, 2.45) is 0 Å². The standard InChI is InChI=1S/C12H11F3N2O/c13-12(14,15)8-5-2-6-9-10(8)17(11(18)16-9)7-3-1-4-7/h2,5-7H,1,3-4H2,(H,16,18). The van der Waals surface area contributed by atoms with Crippen LogP contribution in [0, 0.1) is 0 Å². The summed E-state index contributed by atoms with van der Waals surface area (Å²) < 4.78 is 40.2. The number of benzene rings is 1. The lowest BCUT2D eigenvalue weighted by Gasteiger charge is -2.27. The van der Waals surface area contributed by atoms with Crippen LogP contribution in [0.25, 0.3) is 11.0 Å². The SMILES string of the molecule is O=c1[nH]c2cccc(C(F)(F)F)c2n1C1CCC1. The maximum atomic E-state index is 13.0. The lowest BCUT2D eigenvalue weighted by molar-refractivity contribution is -0.136. The van der Waals surface area contributed by atoms with Gasteiger partial charge in [0.05, 0.1) is 16.6 Å². The Balaban J connectivity index is 2.34. The Morgan fingerprint density at radius 3 is 2.56 bits per heavy atom. The van der Waals surface area contributed by atoms with Crippen LogP contribution in [0.4, 0.5) is 13.2 Å². The average molecular weight is 256 g/mol. The highest BCUT2D eigenvalue weighted by atomic mass is 19.4. The third-order valence-electron chi connectivity index (χ3n) is 3.48. The van der Waals surface area contributed by atoms with Gasteiger partial charge in [-0.05, 0) is 31.4 Å². The number of halogens is 3. The lowest BCUT2D eigenvalue weighted by Crippen LogP contribution is -2.27. The molecule has 3 rings (SSSR count). The molecule has 1 N–H and O–H groups in total. The first-order chi connectivity index (χ1) is 8.48. The van der Waals surface area contributed by atoms with Gasteiger partial charge in [0, 0.05) is 6.04 Å². The van der Waals surface area contributed by atoms with Crippen LogP contribution in [0.1, 0.15) is 30.9 Å². The Morgan fingerprint density at radius 2 is 2.00 bits per heavy atom. The summed E-state index contributed by atoms with van der Waals surface area (Å²) in [6, 6.07) is 3.73. The van der Waals surface area contributed by atoms with Gasteiger partial charge in [-0.2, -0.15) is 13.2 Å². The quantitative estimate of drug-likeness (QED) is 0.836. The van der Waals surface area contributed by atoms with Crippen LogP contribution >= 0.6 is 0 Å². The molecule has 96 valence electrons. The Labute approximate surface area is 100 Å². The number of fused-ring (bicyclic) bond motifs is 1. The van der Waals surface area contributed by atoms with E-state index in [0.29, 0.717) is 0 Å². The van der Waals surface area contributed by atoms with E-state index in [9.17, 15) is 18.0 Å². The highest BCUT2D eigenvalue weighted by molar-refractivity contribution is 5.79. The molecule has 0 spiro atoms. The van der Waals surface area contributed by atoms with Gasteiger partial charge in [0.1, 0.15) is 0 Å². The second-order valence-electron chi connectivity index (χ2n) is 4.58. The predicted octanol–water partition coefficient (Wildman–Crippen LogP) is 3.07. The normalized spacial score (nSPS) is 17.1. The fourth-order valence-electron chi connectivity index (χ4n) is 2.40. The Morgan fingerprint density at radius 1 is 1.28 bits per heavy atom. The van der Waals surface area contributed by atoms with E-state index in [1.807, 2.05) is 0 Å². The summed E-state index contributed by atoms with van der Waals surface area (Å²) in [5.74, 6) is 0. The van der Waals surface area contributed by atoms with Gasteiger partial charge in [-0.15, -0.1) is 0 Å². The third-order valence-corrected chi connectivity index (χ3v) is 3.48. The van der Waals surface area contributed by atoms with E-state index in [2.05, 4.69) is 4.98 Å². The van der Waals surface area contributed by atoms with Crippen LogP contribution in [-0.4, -0.2) is 9.55 Å². The molecule has 3 nitrogen and oxygen atoms in total. The van der Waals surface area contributed by atoms with Crippen molar-refractivity contribution in [1.29, 1.82) is 0 Å². The number of alkyl halides is 3. The minimum absolute atomic E-state index is 0.0142. The number of hydrogen-bond donors (Lipinski definition) is 1. The van der Waals surface area contributed by atoms with Gasteiger partial charge < -0.3 is 4.98 Å². The molecule has 1 aliphatic carbocycles. The van der Waals surface area contributed by atoms with Crippen molar-refractivity contribution in [3.8, 4) is 0 Å². The van der Waals surface area contributed by atoms with Gasteiger partial charge in [0.2, 0.25) is 0 Å². The molecule has 1 saturated carbocycles. The lowest BCUT2D eigenvalue weighted by atomic mass is 9.92. The van der Waals surface area contributed by atoms with E-state index in [1.54, 1.807) is 0 Å². The van der Waals surface area contributed by atoms with Crippen molar-refractivity contribution in [2.45, 2.75) is 31.5 Å². The molecule has 1 aliphatic rings. The molecule has 0 atom stereocenters. The Bertz CT molecular complexity index is 649. The van der Waals surface area contributed by atoms with Gasteiger partial charge in [0.25, 0.3) is 0 Å². The maximum absolute atomic E-state index is 13.0. The van der Waals surface area contributed by atoms with E-state index < -0.39 is 17.4 Å². The Hall–Kier alpha value is -1.72. The summed E-state index contributed by atoms with van der Waals surface area (Å²) in [5.41, 5.74) is -0.960. The number of aromatic amines is 1. The number of para-hydroxylation sites is 1. The number of H-pyrrole nitrogens is 1. The van der Waals surface area contributed by atoms with Crippen LogP contribution in [0.2, 0.25) is 0 Å². The molecule has 0 saturated heterocycles. The van der Waals surface area contributed by atoms with Crippen LogP contribution in [0.15, 0.2) is 23.0 Å². The van der Waals surface area contributed by atoms with Crippen molar-refractivity contribution in [1.82, 2.24) is 9.55 Å². The first-order valence-corrected chi connectivity index (χ1v) is 5.79. The second kappa shape index (κ2) is 3.63. The topological polar surface area (TPSA) is 37.8 Å². The smallest absolute Gasteiger partial charge is 0.306 e. The first-order valence-electron chi connectivity index (χ1n) is 5.79. The number of rotatable bonds is 1. The van der Waals surface area contributed by atoms with E-state index in [-0.39, 0.29) is 17.1 Å². The van der Waals surface area contributed by atoms with Crippen molar-refractivity contribution in [2.75, 3.05) is 0 Å². The van der Waals surface area contributed by atoms with Crippen LogP contribution in [0.5, 0.6) is 0 Å². The molecule has 0 bridgehead atoms. The zero-order chi connectivity index (χ0) is 12.9. The molecule has 1 heterocycles. The minimum atomic E-state index is -4.44. The molecular weight excluding hydrogens is 245 g/mol. The largest absolute Gasteiger partial charge is 0.418 e. The van der Waals surface area contributed by atoms with E-state index >= 15 is 0 Å². The fourth-order valence-corrected chi connectivity index (χ4v) is 2.40. The average Bonchev–Trinajstić information content (AvgIpc) is 2.52. The van der Waals surface area contributed by atoms with Crippen molar-refractivity contribution < 1.29 is 13.2 Å². The maximum Gasteiger partial charge on any atom is 0.418 e. The summed E-state index contributed by atoms with van der Waals surface area (Å²) in [6.45, 7) is 0. The third kappa shape index (κ3) is 1.55. The number of aromatic nitrogens is 2. The molecule has 0 radical (unpaired) electrons. The van der Waals surface area contributed by atoms with E-state index in [0.717, 1.165) is 25.3 Å². The molecule has 2 aromatic rings. The summed E-state index contributed by atoms with van der Waals surface area (Å²) >= 11 is 0. The number of imidazole rings is 1. The van der Waals surface area contributed by atoms with Gasteiger partial charge in [-0.3, -0.25) is 4.57 Å². The second-order valence-corrected chi connectivity index (χ2v) is 4.58. The van der Waals surface area contributed by atoms with Crippen molar-refractivity contribution >= 4 is 11.0 Å².